The smallest absolute Gasteiger partial charge is 0.483 e. The first-order valence-corrected chi connectivity index (χ1v) is 2.04. The number of carboxylic acid groups (broad SMARTS) is 1. The quantitative estimate of drug-likeness (QED) is 0.335. The van der Waals surface area contributed by atoms with Crippen LogP contribution >= 0.6 is 0 Å². The second-order valence-electron chi connectivity index (χ2n) is 0.943. The van der Waals surface area contributed by atoms with E-state index < -0.39 is 0 Å². The van der Waals surface area contributed by atoms with Gasteiger partial charge in [-0.05, 0) is 0 Å². The number of hydrogen-bond donors (Lipinski definition) is 1. The van der Waals surface area contributed by atoms with E-state index in [0.29, 0.717) is 0 Å². The summed E-state index contributed by atoms with van der Waals surface area (Å²) in [6, 6.07) is 0. The first kappa shape index (κ1) is 7.45. The molecule has 1 radical (unpaired) electrons. The summed E-state index contributed by atoms with van der Waals surface area (Å²) in [5.74, 6) is 0. The fourth-order valence-corrected chi connectivity index (χ4v) is 0.241. The Kier molecular flexibility index (Phi) is 6.02. The molecule has 0 spiro atoms. The Morgan fingerprint density at radius 1 is 1.50 bits per heavy atom. The third kappa shape index (κ3) is 5.45. The number of rotatable bonds is 0. The van der Waals surface area contributed by atoms with Crippen molar-refractivity contribution < 1.29 is 19.2 Å². The van der Waals surface area contributed by atoms with Gasteiger partial charge in [-0.25, -0.2) is 0 Å². The SMILES string of the molecule is O=CO.[B]1OCCO1. The summed E-state index contributed by atoms with van der Waals surface area (Å²) < 4.78 is 9.19. The van der Waals surface area contributed by atoms with Crippen LogP contribution in [0.15, 0.2) is 0 Å². The maximum absolute atomic E-state index is 8.36. The fraction of sp³-hybridized carbons (Fsp3) is 0.667. The van der Waals surface area contributed by atoms with Crippen molar-refractivity contribution in [2.75, 3.05) is 13.2 Å². The Hall–Kier alpha value is -0.545. The van der Waals surface area contributed by atoms with Crippen molar-refractivity contribution in [1.29, 1.82) is 0 Å². The molecule has 0 aromatic rings. The molecule has 0 bridgehead atoms. The van der Waals surface area contributed by atoms with Crippen LogP contribution in [-0.4, -0.2) is 32.5 Å². The van der Waals surface area contributed by atoms with Crippen molar-refractivity contribution in [3.05, 3.63) is 0 Å². The third-order valence-corrected chi connectivity index (χ3v) is 0.455. The maximum atomic E-state index is 8.36. The minimum atomic E-state index is -0.250. The fourth-order valence-electron chi connectivity index (χ4n) is 0.241. The predicted octanol–water partition coefficient (Wildman–Crippen LogP) is -0.732. The first-order valence-electron chi connectivity index (χ1n) is 2.04. The van der Waals surface area contributed by atoms with E-state index in [2.05, 4.69) is 9.31 Å². The van der Waals surface area contributed by atoms with Gasteiger partial charge in [-0.3, -0.25) is 4.79 Å². The molecule has 0 saturated carbocycles. The lowest BCUT2D eigenvalue weighted by Crippen LogP contribution is -1.83. The topological polar surface area (TPSA) is 55.8 Å². The molecule has 1 rings (SSSR count). The summed E-state index contributed by atoms with van der Waals surface area (Å²) in [6.07, 6.45) is 0. The summed E-state index contributed by atoms with van der Waals surface area (Å²) in [5.41, 5.74) is 0. The highest BCUT2D eigenvalue weighted by atomic mass is 16.6. The van der Waals surface area contributed by atoms with Crippen LogP contribution in [0.5, 0.6) is 0 Å². The largest absolute Gasteiger partial charge is 0.488 e. The zero-order valence-corrected chi connectivity index (χ0v) is 4.24. The van der Waals surface area contributed by atoms with E-state index in [9.17, 15) is 0 Å². The number of carbonyl (C=O) groups is 1. The zero-order chi connectivity index (χ0) is 6.24. The van der Waals surface area contributed by atoms with Crippen LogP contribution in [0.4, 0.5) is 0 Å². The highest BCUT2D eigenvalue weighted by Gasteiger charge is 1.99. The molecular formula is C3H6BO4. The van der Waals surface area contributed by atoms with Crippen molar-refractivity contribution in [3.63, 3.8) is 0 Å². The highest BCUT2D eigenvalue weighted by Crippen LogP contribution is 1.82. The van der Waals surface area contributed by atoms with E-state index in [4.69, 9.17) is 9.90 Å². The molecule has 1 heterocycles. The Morgan fingerprint density at radius 2 is 1.88 bits per heavy atom. The molecule has 8 heavy (non-hydrogen) atoms. The van der Waals surface area contributed by atoms with Crippen LogP contribution in [0.1, 0.15) is 0 Å². The zero-order valence-electron chi connectivity index (χ0n) is 4.24. The minimum absolute atomic E-state index is 0.250. The summed E-state index contributed by atoms with van der Waals surface area (Å²) in [6.45, 7) is 1.19. The molecule has 0 unspecified atom stereocenters. The van der Waals surface area contributed by atoms with Gasteiger partial charge in [-0.2, -0.15) is 0 Å². The molecule has 1 aliphatic heterocycles. The van der Waals surface area contributed by atoms with Crippen LogP contribution in [-0.2, 0) is 14.1 Å². The molecule has 45 valence electrons. The standard InChI is InChI=1S/C2H4BO2.CH2O2/c1-2-5-3-4-1;2-1-3/h1-2H2;1H,(H,2,3). The molecule has 0 atom stereocenters. The van der Waals surface area contributed by atoms with Crippen molar-refractivity contribution in [2.45, 2.75) is 0 Å². The average molecular weight is 117 g/mol. The lowest BCUT2D eigenvalue weighted by molar-refractivity contribution is -0.122. The average Bonchev–Trinajstić information content (AvgIpc) is 2.17. The summed E-state index contributed by atoms with van der Waals surface area (Å²) in [5, 5.41) is 6.89. The van der Waals surface area contributed by atoms with Gasteiger partial charge in [-0.15, -0.1) is 0 Å². The van der Waals surface area contributed by atoms with Crippen LogP contribution in [0.2, 0.25) is 0 Å². The van der Waals surface area contributed by atoms with Gasteiger partial charge in [0.15, 0.2) is 0 Å². The van der Waals surface area contributed by atoms with E-state index >= 15 is 0 Å². The molecule has 4 nitrogen and oxygen atoms in total. The van der Waals surface area contributed by atoms with Crippen LogP contribution < -0.4 is 0 Å². The second kappa shape index (κ2) is 6.45. The van der Waals surface area contributed by atoms with Crippen LogP contribution in [0, 0.1) is 0 Å². The van der Waals surface area contributed by atoms with Gasteiger partial charge in [0.2, 0.25) is 0 Å². The van der Waals surface area contributed by atoms with Crippen molar-refractivity contribution in [1.82, 2.24) is 0 Å². The summed E-state index contributed by atoms with van der Waals surface area (Å²) in [7, 11) is 1.36. The lowest BCUT2D eigenvalue weighted by atomic mass is 10.4. The Morgan fingerprint density at radius 3 is 2.00 bits per heavy atom. The van der Waals surface area contributed by atoms with Crippen molar-refractivity contribution in [2.24, 2.45) is 0 Å². The molecule has 5 heteroatoms. The van der Waals surface area contributed by atoms with E-state index in [1.165, 1.54) is 7.69 Å². The van der Waals surface area contributed by atoms with Gasteiger partial charge in [-0.1, -0.05) is 0 Å². The van der Waals surface area contributed by atoms with E-state index in [0.717, 1.165) is 13.2 Å². The Balaban J connectivity index is 0.000000145. The van der Waals surface area contributed by atoms with E-state index in [1.54, 1.807) is 0 Å². The Bertz CT molecular complexity index is 45.6. The molecule has 0 aliphatic carbocycles. The van der Waals surface area contributed by atoms with Gasteiger partial charge < -0.3 is 14.4 Å². The molecule has 0 aromatic carbocycles. The first-order chi connectivity index (χ1) is 3.91. The lowest BCUT2D eigenvalue weighted by Gasteiger charge is -1.71. The summed E-state index contributed by atoms with van der Waals surface area (Å²) in [4.78, 5) is 8.36. The third-order valence-electron chi connectivity index (χ3n) is 0.455. The normalized spacial score (nSPS) is 15.5. The van der Waals surface area contributed by atoms with Crippen molar-refractivity contribution in [3.8, 4) is 0 Å². The predicted molar refractivity (Wildman–Crippen MR) is 26.4 cm³/mol. The molecule has 1 N–H and O–H groups in total. The molecule has 1 fully saturated rings. The number of hydrogen-bond acceptors (Lipinski definition) is 3. The van der Waals surface area contributed by atoms with Gasteiger partial charge in [0.25, 0.3) is 6.47 Å². The van der Waals surface area contributed by atoms with Crippen LogP contribution in [0.25, 0.3) is 0 Å². The highest BCUT2D eigenvalue weighted by molar-refractivity contribution is 6.18. The second-order valence-corrected chi connectivity index (χ2v) is 0.943. The monoisotopic (exact) mass is 117 g/mol. The maximum Gasteiger partial charge on any atom is 0.488 e. The van der Waals surface area contributed by atoms with E-state index in [-0.39, 0.29) is 6.47 Å². The van der Waals surface area contributed by atoms with Crippen LogP contribution in [0.3, 0.4) is 0 Å². The summed E-state index contributed by atoms with van der Waals surface area (Å²) >= 11 is 0. The van der Waals surface area contributed by atoms with Gasteiger partial charge >= 0.3 is 7.69 Å². The van der Waals surface area contributed by atoms with Gasteiger partial charge in [0.1, 0.15) is 0 Å². The van der Waals surface area contributed by atoms with Gasteiger partial charge in [0, 0.05) is 0 Å². The molecule has 0 aromatic heterocycles. The molecule has 1 saturated heterocycles. The van der Waals surface area contributed by atoms with Crippen molar-refractivity contribution >= 4 is 14.2 Å². The molecule has 1 aliphatic rings. The Labute approximate surface area is 47.7 Å². The molecule has 0 amide bonds. The van der Waals surface area contributed by atoms with Gasteiger partial charge in [0.05, 0.1) is 13.2 Å². The minimum Gasteiger partial charge on any atom is -0.483 e. The molecular weight excluding hydrogens is 111 g/mol. The van der Waals surface area contributed by atoms with E-state index in [1.807, 2.05) is 0 Å².